The van der Waals surface area contributed by atoms with Gasteiger partial charge in [-0.2, -0.15) is 0 Å². The second-order valence-corrected chi connectivity index (χ2v) is 7.09. The maximum atomic E-state index is 12.3. The van der Waals surface area contributed by atoms with E-state index >= 15 is 0 Å². The van der Waals surface area contributed by atoms with Crippen LogP contribution in [0.25, 0.3) is 0 Å². The van der Waals surface area contributed by atoms with Crippen molar-refractivity contribution in [3.63, 3.8) is 0 Å². The summed E-state index contributed by atoms with van der Waals surface area (Å²) in [6, 6.07) is 7.37. The standard InChI is InChI=1S/C16H28N2O2S/c1-5-12-17-13(4)14-8-10-16(11-9-14)21(19,20)18-15(6-2)7-3/h8-11,13,15,17-18H,5-7,12H2,1-4H3. The molecular weight excluding hydrogens is 284 g/mol. The molecule has 1 aromatic rings. The van der Waals surface area contributed by atoms with Gasteiger partial charge in [-0.25, -0.2) is 13.1 Å². The van der Waals surface area contributed by atoms with Gasteiger partial charge in [0.25, 0.3) is 0 Å². The van der Waals surface area contributed by atoms with Gasteiger partial charge in [0.15, 0.2) is 0 Å². The van der Waals surface area contributed by atoms with Crippen LogP contribution >= 0.6 is 0 Å². The topological polar surface area (TPSA) is 58.2 Å². The Balaban J connectivity index is 2.81. The number of rotatable bonds is 9. The average molecular weight is 312 g/mol. The SMILES string of the molecule is CCCNC(C)c1ccc(S(=O)(=O)NC(CC)CC)cc1. The molecular formula is C16H28N2O2S. The second-order valence-electron chi connectivity index (χ2n) is 5.38. The number of sulfonamides is 1. The smallest absolute Gasteiger partial charge is 0.240 e. The first-order valence-corrected chi connectivity index (χ1v) is 9.28. The molecule has 0 aliphatic rings. The fourth-order valence-electron chi connectivity index (χ4n) is 2.16. The summed E-state index contributed by atoms with van der Waals surface area (Å²) in [5.41, 5.74) is 1.10. The maximum absolute atomic E-state index is 12.3. The van der Waals surface area contributed by atoms with Crippen LogP contribution < -0.4 is 10.0 Å². The molecule has 0 bridgehead atoms. The molecule has 0 saturated carbocycles. The highest BCUT2D eigenvalue weighted by molar-refractivity contribution is 7.89. The van der Waals surface area contributed by atoms with E-state index in [0.717, 1.165) is 31.4 Å². The number of hydrogen-bond acceptors (Lipinski definition) is 3. The van der Waals surface area contributed by atoms with Crippen molar-refractivity contribution in [3.8, 4) is 0 Å². The Morgan fingerprint density at radius 1 is 1.05 bits per heavy atom. The Bertz CT molecular complexity index is 508. The van der Waals surface area contributed by atoms with Gasteiger partial charge in [-0.1, -0.05) is 32.9 Å². The highest BCUT2D eigenvalue weighted by Crippen LogP contribution is 2.17. The largest absolute Gasteiger partial charge is 0.310 e. The zero-order valence-electron chi connectivity index (χ0n) is 13.5. The van der Waals surface area contributed by atoms with E-state index in [0.29, 0.717) is 4.90 Å². The molecule has 0 heterocycles. The molecule has 120 valence electrons. The lowest BCUT2D eigenvalue weighted by Crippen LogP contribution is -2.33. The Morgan fingerprint density at radius 3 is 2.10 bits per heavy atom. The first kappa shape index (κ1) is 18.1. The van der Waals surface area contributed by atoms with Gasteiger partial charge in [0.1, 0.15) is 0 Å². The van der Waals surface area contributed by atoms with Gasteiger partial charge in [-0.3, -0.25) is 0 Å². The third-order valence-electron chi connectivity index (χ3n) is 3.70. The minimum atomic E-state index is -3.41. The molecule has 1 atom stereocenters. The molecule has 2 N–H and O–H groups in total. The summed E-state index contributed by atoms with van der Waals surface area (Å²) in [6.07, 6.45) is 2.67. The highest BCUT2D eigenvalue weighted by atomic mass is 32.2. The first-order valence-electron chi connectivity index (χ1n) is 7.80. The van der Waals surface area contributed by atoms with E-state index in [9.17, 15) is 8.42 Å². The monoisotopic (exact) mass is 312 g/mol. The normalized spacial score (nSPS) is 13.6. The minimum Gasteiger partial charge on any atom is -0.310 e. The predicted octanol–water partition coefficient (Wildman–Crippen LogP) is 3.21. The number of hydrogen-bond donors (Lipinski definition) is 2. The van der Waals surface area contributed by atoms with Crippen molar-refractivity contribution >= 4 is 10.0 Å². The summed E-state index contributed by atoms with van der Waals surface area (Å²) < 4.78 is 27.3. The molecule has 1 aromatic carbocycles. The Hall–Kier alpha value is -0.910. The van der Waals surface area contributed by atoms with Crippen LogP contribution in [0.4, 0.5) is 0 Å². The van der Waals surface area contributed by atoms with Gasteiger partial charge >= 0.3 is 0 Å². The highest BCUT2D eigenvalue weighted by Gasteiger charge is 2.18. The third kappa shape index (κ3) is 5.41. The van der Waals surface area contributed by atoms with Crippen LogP contribution in [-0.2, 0) is 10.0 Å². The van der Waals surface area contributed by atoms with E-state index in [2.05, 4.69) is 23.9 Å². The van der Waals surface area contributed by atoms with Crippen molar-refractivity contribution in [2.45, 2.75) is 63.9 Å². The summed E-state index contributed by atoms with van der Waals surface area (Å²) in [4.78, 5) is 0.334. The molecule has 1 unspecified atom stereocenters. The fraction of sp³-hybridized carbons (Fsp3) is 0.625. The lowest BCUT2D eigenvalue weighted by Gasteiger charge is -2.16. The van der Waals surface area contributed by atoms with E-state index in [1.165, 1.54) is 0 Å². The molecule has 4 nitrogen and oxygen atoms in total. The molecule has 5 heteroatoms. The number of benzene rings is 1. The average Bonchev–Trinajstić information content (AvgIpc) is 2.50. The lowest BCUT2D eigenvalue weighted by molar-refractivity contribution is 0.530. The van der Waals surface area contributed by atoms with E-state index in [1.54, 1.807) is 12.1 Å². The van der Waals surface area contributed by atoms with Crippen LogP contribution in [0.5, 0.6) is 0 Å². The second kappa shape index (κ2) is 8.51. The molecule has 0 saturated heterocycles. The molecule has 0 fully saturated rings. The zero-order valence-corrected chi connectivity index (χ0v) is 14.3. The van der Waals surface area contributed by atoms with E-state index in [1.807, 2.05) is 26.0 Å². The molecule has 1 rings (SSSR count). The summed E-state index contributed by atoms with van der Waals surface area (Å²) in [7, 11) is -3.41. The van der Waals surface area contributed by atoms with Crippen LogP contribution in [0.2, 0.25) is 0 Å². The van der Waals surface area contributed by atoms with Crippen molar-refractivity contribution in [2.24, 2.45) is 0 Å². The van der Waals surface area contributed by atoms with Crippen LogP contribution in [0, 0.1) is 0 Å². The maximum Gasteiger partial charge on any atom is 0.240 e. The quantitative estimate of drug-likeness (QED) is 0.736. The summed E-state index contributed by atoms with van der Waals surface area (Å²) >= 11 is 0. The van der Waals surface area contributed by atoms with Crippen molar-refractivity contribution in [2.75, 3.05) is 6.54 Å². The van der Waals surface area contributed by atoms with Crippen molar-refractivity contribution in [1.29, 1.82) is 0 Å². The fourth-order valence-corrected chi connectivity index (χ4v) is 3.56. The molecule has 0 amide bonds. The van der Waals surface area contributed by atoms with Crippen LogP contribution in [0.3, 0.4) is 0 Å². The molecule has 0 aliphatic heterocycles. The molecule has 21 heavy (non-hydrogen) atoms. The Kier molecular flexibility index (Phi) is 7.35. The summed E-state index contributed by atoms with van der Waals surface area (Å²) in [6.45, 7) is 9.14. The summed E-state index contributed by atoms with van der Waals surface area (Å²) in [5, 5.41) is 3.39. The minimum absolute atomic E-state index is 0.000166. The van der Waals surface area contributed by atoms with Crippen molar-refractivity contribution in [1.82, 2.24) is 10.0 Å². The van der Waals surface area contributed by atoms with Gasteiger partial charge < -0.3 is 5.32 Å². The van der Waals surface area contributed by atoms with Crippen LogP contribution in [0.1, 0.15) is 58.6 Å². The predicted molar refractivity (Wildman–Crippen MR) is 87.8 cm³/mol. The van der Waals surface area contributed by atoms with Crippen LogP contribution in [-0.4, -0.2) is 21.0 Å². The molecule has 0 aliphatic carbocycles. The summed E-state index contributed by atoms with van der Waals surface area (Å²) in [5.74, 6) is 0. The van der Waals surface area contributed by atoms with E-state index in [-0.39, 0.29) is 12.1 Å². The number of nitrogens with one attached hydrogen (secondary N) is 2. The Morgan fingerprint density at radius 2 is 1.62 bits per heavy atom. The van der Waals surface area contributed by atoms with Gasteiger partial charge in [-0.05, 0) is 50.4 Å². The third-order valence-corrected chi connectivity index (χ3v) is 5.23. The van der Waals surface area contributed by atoms with Crippen molar-refractivity contribution < 1.29 is 8.42 Å². The van der Waals surface area contributed by atoms with Crippen LogP contribution in [0.15, 0.2) is 29.2 Å². The Labute approximate surface area is 129 Å². The zero-order chi connectivity index (χ0) is 15.9. The first-order chi connectivity index (χ1) is 9.94. The van der Waals surface area contributed by atoms with E-state index in [4.69, 9.17) is 0 Å². The molecule has 0 radical (unpaired) electrons. The lowest BCUT2D eigenvalue weighted by atomic mass is 10.1. The van der Waals surface area contributed by atoms with Gasteiger partial charge in [0.2, 0.25) is 10.0 Å². The van der Waals surface area contributed by atoms with E-state index < -0.39 is 10.0 Å². The molecule has 0 aromatic heterocycles. The van der Waals surface area contributed by atoms with Gasteiger partial charge in [-0.15, -0.1) is 0 Å². The van der Waals surface area contributed by atoms with Gasteiger partial charge in [0, 0.05) is 12.1 Å². The molecule has 0 spiro atoms. The van der Waals surface area contributed by atoms with Crippen molar-refractivity contribution in [3.05, 3.63) is 29.8 Å². The van der Waals surface area contributed by atoms with Gasteiger partial charge in [0.05, 0.1) is 4.90 Å².